The Kier molecular flexibility index (Phi) is 12.6. The van der Waals surface area contributed by atoms with Crippen molar-refractivity contribution in [2.45, 2.75) is 101 Å². The minimum Gasteiger partial charge on any atom is -0.465 e. The van der Waals surface area contributed by atoms with Gasteiger partial charge in [0.05, 0.1) is 12.0 Å². The molecule has 0 bridgehead atoms. The highest BCUT2D eigenvalue weighted by Gasteiger charge is 2.47. The topological polar surface area (TPSA) is 41.6 Å². The Labute approximate surface area is 297 Å². The summed E-state index contributed by atoms with van der Waals surface area (Å²) in [6, 6.07) is 31.5. The number of nitrogens with one attached hydrogen (secondary N) is 1. The molecule has 0 aliphatic heterocycles. The molecule has 264 valence electrons. The summed E-state index contributed by atoms with van der Waals surface area (Å²) < 4.78 is 5.88. The molecule has 2 unspecified atom stereocenters. The minimum atomic E-state index is -0.521. The zero-order chi connectivity index (χ0) is 35.8. The summed E-state index contributed by atoms with van der Waals surface area (Å²) in [4.78, 5) is 15.7. The van der Waals surface area contributed by atoms with Crippen LogP contribution in [-0.2, 0) is 9.53 Å². The van der Waals surface area contributed by atoms with Crippen molar-refractivity contribution in [1.29, 1.82) is 0 Å². The Bertz CT molecular complexity index is 1640. The van der Waals surface area contributed by atoms with E-state index in [1.54, 1.807) is 0 Å². The quantitative estimate of drug-likeness (QED) is 0.0781. The van der Waals surface area contributed by atoms with E-state index in [-0.39, 0.29) is 22.7 Å². The average molecular weight is 663 g/mol. The fraction of sp³-hybridized carbons (Fsp3) is 0.489. The highest BCUT2D eigenvalue weighted by Crippen LogP contribution is 2.47. The van der Waals surface area contributed by atoms with Gasteiger partial charge in [-0.2, -0.15) is 0 Å². The van der Waals surface area contributed by atoms with Crippen molar-refractivity contribution in [2.24, 2.45) is 16.2 Å². The maximum atomic E-state index is 13.3. The second kappa shape index (κ2) is 16.3. The van der Waals surface area contributed by atoms with Gasteiger partial charge in [0.15, 0.2) is 0 Å². The number of aryl methyl sites for hydroxylation is 1. The predicted octanol–water partition coefficient (Wildman–Crippen LogP) is 11.8. The summed E-state index contributed by atoms with van der Waals surface area (Å²) in [6.45, 7) is 25.0. The molecule has 0 saturated heterocycles. The summed E-state index contributed by atoms with van der Waals surface area (Å²) in [5, 5.41) is 6.24. The van der Waals surface area contributed by atoms with Crippen molar-refractivity contribution in [1.82, 2.24) is 0 Å². The van der Waals surface area contributed by atoms with Crippen molar-refractivity contribution in [3.63, 3.8) is 0 Å². The maximum absolute atomic E-state index is 13.3. The van der Waals surface area contributed by atoms with Gasteiger partial charge in [0, 0.05) is 42.3 Å². The van der Waals surface area contributed by atoms with E-state index in [9.17, 15) is 4.79 Å². The average Bonchev–Trinajstić information content (AvgIpc) is 3.05. The molecule has 0 fully saturated rings. The van der Waals surface area contributed by atoms with Gasteiger partial charge in [-0.1, -0.05) is 114 Å². The molecule has 0 aliphatic rings. The summed E-state index contributed by atoms with van der Waals surface area (Å²) in [6.07, 6.45) is 3.68. The molecule has 2 atom stereocenters. The number of hydrogen-bond acceptors (Lipinski definition) is 4. The number of hydrogen-bond donors (Lipinski definition) is 1. The van der Waals surface area contributed by atoms with Crippen LogP contribution in [0.3, 0.4) is 0 Å². The number of rotatable bonds is 15. The smallest absolute Gasteiger partial charge is 0.312 e. The molecule has 49 heavy (non-hydrogen) atoms. The number of carbonyl (C=O) groups is 1. The van der Waals surface area contributed by atoms with Gasteiger partial charge in [0.2, 0.25) is 0 Å². The van der Waals surface area contributed by atoms with E-state index in [2.05, 4.69) is 164 Å². The van der Waals surface area contributed by atoms with Crippen LogP contribution in [0.15, 0.2) is 84.9 Å². The number of esters is 1. The lowest BCUT2D eigenvalue weighted by Gasteiger charge is -2.43. The number of anilines is 2. The second-order valence-electron chi connectivity index (χ2n) is 16.3. The Morgan fingerprint density at radius 3 is 1.90 bits per heavy atom. The Morgan fingerprint density at radius 1 is 0.735 bits per heavy atom. The highest BCUT2D eigenvalue weighted by atomic mass is 16.5. The van der Waals surface area contributed by atoms with Crippen LogP contribution in [0.4, 0.5) is 11.4 Å². The second-order valence-corrected chi connectivity index (χ2v) is 16.3. The van der Waals surface area contributed by atoms with Crippen LogP contribution >= 0.6 is 0 Å². The van der Waals surface area contributed by atoms with Gasteiger partial charge >= 0.3 is 5.97 Å². The molecule has 0 aromatic heterocycles. The first kappa shape index (κ1) is 38.0. The lowest BCUT2D eigenvalue weighted by molar-refractivity contribution is -0.164. The number of ether oxygens (including phenoxy) is 1. The predicted molar refractivity (Wildman–Crippen MR) is 211 cm³/mol. The Hall–Kier alpha value is -3.79. The van der Waals surface area contributed by atoms with Gasteiger partial charge in [0.25, 0.3) is 0 Å². The van der Waals surface area contributed by atoms with E-state index in [1.807, 2.05) is 0 Å². The molecule has 4 nitrogen and oxygen atoms in total. The van der Waals surface area contributed by atoms with Gasteiger partial charge < -0.3 is 15.0 Å². The molecule has 4 rings (SSSR count). The van der Waals surface area contributed by atoms with E-state index in [1.165, 1.54) is 38.7 Å². The Balaban J connectivity index is 1.45. The van der Waals surface area contributed by atoms with Crippen molar-refractivity contribution in [3.05, 3.63) is 107 Å². The molecule has 1 N–H and O–H groups in total. The van der Waals surface area contributed by atoms with Crippen LogP contribution in [0.1, 0.15) is 116 Å². The van der Waals surface area contributed by atoms with Crippen LogP contribution in [-0.4, -0.2) is 32.2 Å². The van der Waals surface area contributed by atoms with Crippen LogP contribution < -0.4 is 10.2 Å². The molecule has 0 aliphatic carbocycles. The normalized spacial score (nSPS) is 13.9. The number of unbranched alkanes of at least 4 members (excludes halogenated alkanes) is 2. The molecular weight excluding hydrogens is 601 g/mol. The molecule has 0 amide bonds. The first-order valence-corrected chi connectivity index (χ1v) is 18.5. The lowest BCUT2D eigenvalue weighted by Crippen LogP contribution is -2.44. The lowest BCUT2D eigenvalue weighted by atomic mass is 9.61. The van der Waals surface area contributed by atoms with Crippen LogP contribution in [0, 0.1) is 23.2 Å². The zero-order valence-electron chi connectivity index (χ0n) is 32.1. The van der Waals surface area contributed by atoms with Crippen LogP contribution in [0.5, 0.6) is 0 Å². The van der Waals surface area contributed by atoms with Crippen molar-refractivity contribution in [2.75, 3.05) is 36.5 Å². The fourth-order valence-electron chi connectivity index (χ4n) is 7.16. The number of benzene rings is 4. The molecule has 4 heteroatoms. The monoisotopic (exact) mass is 662 g/mol. The third-order valence-electron chi connectivity index (χ3n) is 10.4. The van der Waals surface area contributed by atoms with E-state index in [0.29, 0.717) is 6.61 Å². The van der Waals surface area contributed by atoms with Gasteiger partial charge in [-0.05, 0) is 104 Å². The molecule has 0 saturated carbocycles. The minimum absolute atomic E-state index is 0.0491. The van der Waals surface area contributed by atoms with Crippen molar-refractivity contribution >= 4 is 28.1 Å². The van der Waals surface area contributed by atoms with E-state index < -0.39 is 5.41 Å². The summed E-state index contributed by atoms with van der Waals surface area (Å²) in [7, 11) is 0. The van der Waals surface area contributed by atoms with Crippen LogP contribution in [0.2, 0.25) is 0 Å². The Morgan fingerprint density at radius 2 is 1.33 bits per heavy atom. The van der Waals surface area contributed by atoms with E-state index >= 15 is 0 Å². The largest absolute Gasteiger partial charge is 0.465 e. The van der Waals surface area contributed by atoms with Crippen LogP contribution in [0.25, 0.3) is 10.8 Å². The van der Waals surface area contributed by atoms with Gasteiger partial charge in [0.1, 0.15) is 0 Å². The summed E-state index contributed by atoms with van der Waals surface area (Å²) >= 11 is 0. The molecule has 0 heterocycles. The fourth-order valence-corrected chi connectivity index (χ4v) is 7.16. The third-order valence-corrected chi connectivity index (χ3v) is 10.4. The number of nitrogens with zero attached hydrogens (tertiary/aromatic N) is 1. The standard InChI is InChI=1S/C45H62N2O2/c1-11-47(12-2)36-26-24-35(25-27-36)41(34-22-20-33(3)21-23-34)39-28-29-40(38-19-15-14-18-37(38)39)46-30-16-13-17-31-49-42(48)45(10,44(7,8)9)32-43(4,5)6/h14-15,18-29,41,46H,11-13,16-17,30-32H2,1-10H3. The van der Waals surface area contributed by atoms with E-state index in [4.69, 9.17) is 4.74 Å². The first-order chi connectivity index (χ1) is 23.2. The SMILES string of the molecule is CCN(CC)c1ccc(C(c2ccc(C)cc2)c2ccc(NCCCCCOC(=O)C(C)(CC(C)(C)C)C(C)(C)C)c3ccccc23)cc1. The summed E-state index contributed by atoms with van der Waals surface area (Å²) in [5.41, 5.74) is 6.97. The molecule has 0 radical (unpaired) electrons. The van der Waals surface area contributed by atoms with E-state index in [0.717, 1.165) is 51.0 Å². The maximum Gasteiger partial charge on any atom is 0.312 e. The zero-order valence-corrected chi connectivity index (χ0v) is 32.1. The first-order valence-electron chi connectivity index (χ1n) is 18.5. The van der Waals surface area contributed by atoms with Gasteiger partial charge in [-0.15, -0.1) is 0 Å². The summed E-state index contributed by atoms with van der Waals surface area (Å²) in [5.74, 6) is 0.0555. The van der Waals surface area contributed by atoms with Crippen molar-refractivity contribution < 1.29 is 9.53 Å². The number of fused-ring (bicyclic) bond motifs is 1. The molecular formula is C45H62N2O2. The van der Waals surface area contributed by atoms with Crippen molar-refractivity contribution in [3.8, 4) is 0 Å². The molecule has 0 spiro atoms. The molecule has 4 aromatic carbocycles. The molecule has 4 aromatic rings. The highest BCUT2D eigenvalue weighted by molar-refractivity contribution is 5.97. The number of carbonyl (C=O) groups excluding carboxylic acids is 1. The van der Waals surface area contributed by atoms with Gasteiger partial charge in [-0.25, -0.2) is 0 Å². The van der Waals surface area contributed by atoms with Gasteiger partial charge in [-0.3, -0.25) is 4.79 Å². The third kappa shape index (κ3) is 9.47.